The molecule has 0 saturated carbocycles. The Balaban J connectivity index is 0.00000146. The average molecular weight is 633 g/mol. The molecule has 44 heavy (non-hydrogen) atoms. The Hall–Kier alpha value is -3.75. The van der Waals surface area contributed by atoms with Crippen LogP contribution in [0.1, 0.15) is 39.7 Å². The summed E-state index contributed by atoms with van der Waals surface area (Å²) >= 11 is 0. The molecule has 2 aromatic rings. The molecule has 0 saturated heterocycles. The zero-order valence-electron chi connectivity index (χ0n) is 25.4. The van der Waals surface area contributed by atoms with E-state index in [0.29, 0.717) is 12.8 Å². The van der Waals surface area contributed by atoms with Crippen molar-refractivity contribution in [1.82, 2.24) is 10.2 Å². The molecule has 246 valence electrons. The van der Waals surface area contributed by atoms with Gasteiger partial charge in [-0.05, 0) is 33.3 Å². The number of carbonyl (C=O) groups is 3. The Labute approximate surface area is 254 Å². The van der Waals surface area contributed by atoms with Crippen LogP contribution >= 0.6 is 0 Å². The van der Waals surface area contributed by atoms with E-state index in [9.17, 15) is 37.1 Å². The second-order valence-electron chi connectivity index (χ2n) is 10.2. The van der Waals surface area contributed by atoms with E-state index in [4.69, 9.17) is 14.2 Å². The number of methoxy groups -OCH3 is 1. The number of hydrogen-bond donors (Lipinski definition) is 2. The van der Waals surface area contributed by atoms with Gasteiger partial charge in [-0.1, -0.05) is 30.3 Å². The average Bonchev–Trinajstić information content (AvgIpc) is 2.99. The second-order valence-corrected chi connectivity index (χ2v) is 10.2. The molecule has 2 rings (SSSR count). The molecule has 0 aromatic heterocycles. The molecule has 2 atom stereocenters. The maximum Gasteiger partial charge on any atom is 0.410 e. The lowest BCUT2D eigenvalue weighted by molar-refractivity contribution is -0.127. The van der Waals surface area contributed by atoms with Crippen molar-refractivity contribution in [2.45, 2.75) is 58.5 Å². The third-order valence-electron chi connectivity index (χ3n) is 5.83. The van der Waals surface area contributed by atoms with Crippen molar-refractivity contribution in [2.24, 2.45) is 0 Å². The van der Waals surface area contributed by atoms with Crippen molar-refractivity contribution in [1.29, 1.82) is 0 Å². The third-order valence-corrected chi connectivity index (χ3v) is 5.83. The van der Waals surface area contributed by atoms with Gasteiger partial charge in [-0.2, -0.15) is 8.78 Å². The van der Waals surface area contributed by atoms with Crippen molar-refractivity contribution in [3.05, 3.63) is 65.2 Å². The minimum atomic E-state index is -1.80. The van der Waals surface area contributed by atoms with Crippen LogP contribution in [0, 0.1) is 23.3 Å². The summed E-state index contributed by atoms with van der Waals surface area (Å²) in [5.74, 6) is -9.14. The van der Waals surface area contributed by atoms with E-state index in [-0.39, 0.29) is 31.4 Å². The first-order valence-electron chi connectivity index (χ1n) is 13.7. The number of carbonyl (C=O) groups excluding carboxylic acids is 3. The summed E-state index contributed by atoms with van der Waals surface area (Å²) in [6.07, 6.45) is -2.28. The van der Waals surface area contributed by atoms with Gasteiger partial charge >= 0.3 is 6.09 Å². The Kier molecular flexibility index (Phi) is 17.0. The number of benzene rings is 2. The largest absolute Gasteiger partial charge is 0.485 e. The minimum Gasteiger partial charge on any atom is -0.485 e. The van der Waals surface area contributed by atoms with Crippen molar-refractivity contribution in [2.75, 3.05) is 40.0 Å². The van der Waals surface area contributed by atoms with E-state index in [1.54, 1.807) is 14.0 Å². The molecule has 0 spiro atoms. The smallest absolute Gasteiger partial charge is 0.410 e. The highest BCUT2D eigenvalue weighted by Crippen LogP contribution is 2.26. The predicted molar refractivity (Wildman–Crippen MR) is 152 cm³/mol. The Bertz CT molecular complexity index is 1160. The van der Waals surface area contributed by atoms with E-state index < -0.39 is 72.8 Å². The molecule has 10 nitrogen and oxygen atoms in total. The molecule has 0 bridgehead atoms. The SMILES string of the molecule is CCN(CCOCC(=O)NC(CC=O)C(O)COc1c(F)c(F)cc(F)c1F)C(=O)OCc1ccccc1.COC(C)(C)C. The van der Waals surface area contributed by atoms with Crippen LogP contribution in [0.15, 0.2) is 36.4 Å². The van der Waals surface area contributed by atoms with Gasteiger partial charge in [0, 0.05) is 32.7 Å². The monoisotopic (exact) mass is 632 g/mol. The van der Waals surface area contributed by atoms with Gasteiger partial charge in [-0.3, -0.25) is 4.79 Å². The van der Waals surface area contributed by atoms with Crippen LogP contribution in [0.2, 0.25) is 0 Å². The number of likely N-dealkylation sites (N-methyl/N-ethyl adjacent to an activating group) is 1. The normalized spacial score (nSPS) is 12.3. The summed E-state index contributed by atoms with van der Waals surface area (Å²) in [5, 5.41) is 12.5. The van der Waals surface area contributed by atoms with Crippen molar-refractivity contribution >= 4 is 18.3 Å². The molecule has 0 aliphatic rings. The summed E-state index contributed by atoms with van der Waals surface area (Å²) in [6.45, 7) is 6.91. The van der Waals surface area contributed by atoms with Gasteiger partial charge in [-0.15, -0.1) is 0 Å². The summed E-state index contributed by atoms with van der Waals surface area (Å²) in [5.41, 5.74) is 0.862. The number of aliphatic hydroxyl groups excluding tert-OH is 1. The Morgan fingerprint density at radius 1 is 1.07 bits per heavy atom. The molecule has 2 amide bonds. The van der Waals surface area contributed by atoms with Crippen LogP contribution in [0.25, 0.3) is 0 Å². The minimum absolute atomic E-state index is 0.00320. The number of ether oxygens (including phenoxy) is 4. The van der Waals surface area contributed by atoms with E-state index in [1.165, 1.54) is 4.90 Å². The fourth-order valence-electron chi connectivity index (χ4n) is 3.16. The van der Waals surface area contributed by atoms with Gasteiger partial charge < -0.3 is 39.1 Å². The Morgan fingerprint density at radius 2 is 1.66 bits per heavy atom. The first kappa shape index (κ1) is 38.3. The fraction of sp³-hybridized carbons (Fsp3) is 0.500. The van der Waals surface area contributed by atoms with E-state index in [1.807, 2.05) is 51.1 Å². The molecule has 0 aliphatic carbocycles. The maximum atomic E-state index is 13.7. The lowest BCUT2D eigenvalue weighted by Crippen LogP contribution is -2.47. The van der Waals surface area contributed by atoms with Gasteiger partial charge in [0.1, 0.15) is 32.2 Å². The van der Waals surface area contributed by atoms with Gasteiger partial charge in [0.2, 0.25) is 17.5 Å². The van der Waals surface area contributed by atoms with E-state index >= 15 is 0 Å². The number of hydrogen-bond acceptors (Lipinski definition) is 8. The van der Waals surface area contributed by atoms with Crippen LogP contribution in [-0.4, -0.2) is 86.1 Å². The number of aldehydes is 1. The van der Waals surface area contributed by atoms with Crippen molar-refractivity contribution < 1.29 is 56.0 Å². The van der Waals surface area contributed by atoms with Crippen molar-refractivity contribution in [3.8, 4) is 5.75 Å². The zero-order valence-corrected chi connectivity index (χ0v) is 25.4. The highest BCUT2D eigenvalue weighted by molar-refractivity contribution is 5.78. The van der Waals surface area contributed by atoms with Gasteiger partial charge in [0.15, 0.2) is 17.4 Å². The molecule has 0 heterocycles. The standard InChI is InChI=1S/C25H28F4N2O7.C5H12O/c1-2-31(25(35)38-13-16-6-4-3-5-7-16)9-11-36-15-21(34)30-19(8-10-32)20(33)14-37-24-22(28)17(26)12-18(27)23(24)29;1-5(2,3)6-4/h3-7,10,12,19-20,33H,2,8-9,11,13-15H2,1H3,(H,30,34);1-4H3. The van der Waals surface area contributed by atoms with Crippen molar-refractivity contribution in [3.63, 3.8) is 0 Å². The van der Waals surface area contributed by atoms with Crippen LogP contribution in [0.5, 0.6) is 5.75 Å². The lowest BCUT2D eigenvalue weighted by Gasteiger charge is -2.23. The summed E-state index contributed by atoms with van der Waals surface area (Å²) < 4.78 is 74.1. The first-order valence-corrected chi connectivity index (χ1v) is 13.7. The summed E-state index contributed by atoms with van der Waals surface area (Å²) in [7, 11) is 1.71. The third kappa shape index (κ3) is 14.1. The predicted octanol–water partition coefficient (Wildman–Crippen LogP) is 4.16. The molecule has 0 aliphatic heterocycles. The molecule has 2 N–H and O–H groups in total. The van der Waals surface area contributed by atoms with E-state index in [2.05, 4.69) is 10.1 Å². The number of nitrogens with one attached hydrogen (secondary N) is 1. The second kappa shape index (κ2) is 19.5. The van der Waals surface area contributed by atoms with Crippen LogP contribution in [0.4, 0.5) is 22.4 Å². The molecule has 2 unspecified atom stereocenters. The van der Waals surface area contributed by atoms with Gasteiger partial charge in [0.25, 0.3) is 0 Å². The van der Waals surface area contributed by atoms with Crippen LogP contribution < -0.4 is 10.1 Å². The number of nitrogens with zero attached hydrogens (tertiary/aromatic N) is 1. The van der Waals surface area contributed by atoms with Crippen LogP contribution in [-0.2, 0) is 30.4 Å². The Morgan fingerprint density at radius 3 is 2.18 bits per heavy atom. The fourth-order valence-corrected chi connectivity index (χ4v) is 3.16. The lowest BCUT2D eigenvalue weighted by atomic mass is 10.1. The number of rotatable bonds is 15. The van der Waals surface area contributed by atoms with E-state index in [0.717, 1.165) is 5.56 Å². The van der Waals surface area contributed by atoms with Gasteiger partial charge in [-0.25, -0.2) is 13.6 Å². The highest BCUT2D eigenvalue weighted by Gasteiger charge is 2.25. The maximum absolute atomic E-state index is 13.7. The molecule has 0 radical (unpaired) electrons. The summed E-state index contributed by atoms with van der Waals surface area (Å²) in [6, 6.07) is 7.83. The first-order chi connectivity index (χ1) is 20.7. The number of aliphatic hydroxyl groups is 1. The van der Waals surface area contributed by atoms with Gasteiger partial charge in [0.05, 0.1) is 18.2 Å². The molecule has 14 heteroatoms. The molecule has 0 fully saturated rings. The number of halogens is 4. The molecular formula is C30H40F4N2O8. The number of amides is 2. The summed E-state index contributed by atoms with van der Waals surface area (Å²) in [4.78, 5) is 36.7. The molecular weight excluding hydrogens is 592 g/mol. The highest BCUT2D eigenvalue weighted by atomic mass is 19.2. The van der Waals surface area contributed by atoms with Crippen LogP contribution in [0.3, 0.4) is 0 Å². The topological polar surface area (TPSA) is 124 Å². The molecule has 2 aromatic carbocycles. The zero-order chi connectivity index (χ0) is 33.3. The quantitative estimate of drug-likeness (QED) is 0.130.